The molecule has 0 bridgehead atoms. The van der Waals surface area contributed by atoms with Gasteiger partial charge in [-0.05, 0) is 25.7 Å². The molecule has 116 valence electrons. The summed E-state index contributed by atoms with van der Waals surface area (Å²) < 4.78 is 0. The van der Waals surface area contributed by atoms with Crippen LogP contribution in [0.1, 0.15) is 81.1 Å². The largest absolute Gasteiger partial charge is 0.317 e. The average molecular weight is 266 g/mol. The van der Waals surface area contributed by atoms with Crippen LogP contribution in [-0.4, -0.2) is 22.5 Å². The van der Waals surface area contributed by atoms with E-state index in [0.29, 0.717) is 0 Å². The van der Waals surface area contributed by atoms with Crippen LogP contribution in [0.15, 0.2) is 0 Å². The van der Waals surface area contributed by atoms with E-state index in [-0.39, 0.29) is 12.1 Å². The van der Waals surface area contributed by atoms with Crippen molar-refractivity contribution in [2.24, 2.45) is 0 Å². The molecule has 4 N–H and O–H groups in total. The van der Waals surface area contributed by atoms with Crippen molar-refractivity contribution >= 4 is 0 Å². The minimum Gasteiger partial charge on any atom is -0.317 e. The van der Waals surface area contributed by atoms with Gasteiger partial charge in [0.2, 0.25) is 0 Å². The van der Waals surface area contributed by atoms with Gasteiger partial charge in [0.15, 0.2) is 0 Å². The molecule has 1 aliphatic rings. The van der Waals surface area contributed by atoms with Crippen LogP contribution in [0.25, 0.3) is 0 Å². The third-order valence-corrected chi connectivity index (χ3v) is 2.09. The summed E-state index contributed by atoms with van der Waals surface area (Å²) in [7, 11) is 0. The zero-order valence-electron chi connectivity index (χ0n) is 13.9. The van der Waals surface area contributed by atoms with Crippen LogP contribution in [0.2, 0.25) is 0 Å². The highest BCUT2D eigenvalue weighted by atomic mass is 16.5. The molecule has 0 aliphatic heterocycles. The van der Waals surface area contributed by atoms with Crippen molar-refractivity contribution in [2.75, 3.05) is 0 Å². The van der Waals surface area contributed by atoms with E-state index >= 15 is 0 Å². The van der Waals surface area contributed by atoms with Crippen LogP contribution in [0.3, 0.4) is 0 Å². The second kappa shape index (κ2) is 30.1. The number of hydrogen-bond donors (Lipinski definition) is 4. The van der Waals surface area contributed by atoms with Crippen molar-refractivity contribution in [1.82, 2.24) is 11.0 Å². The van der Waals surface area contributed by atoms with Gasteiger partial charge in [-0.3, -0.25) is 0 Å². The topological polar surface area (TPSA) is 64.5 Å². The molecule has 1 rings (SSSR count). The summed E-state index contributed by atoms with van der Waals surface area (Å²) in [5.41, 5.74) is 4.48. The first kappa shape index (κ1) is 26.4. The van der Waals surface area contributed by atoms with Crippen LogP contribution in [0, 0.1) is 0 Å². The molecule has 0 heterocycles. The quantitative estimate of drug-likeness (QED) is 0.561. The molecule has 0 radical (unpaired) electrons. The maximum Gasteiger partial charge on any atom is 0.0320 e. The van der Waals surface area contributed by atoms with E-state index in [1.165, 1.54) is 0 Å². The minimum absolute atomic E-state index is 0.226. The lowest BCUT2D eigenvalue weighted by Gasteiger charge is -2.25. The van der Waals surface area contributed by atoms with E-state index < -0.39 is 0 Å². The Labute approximate surface area is 115 Å². The molecule has 0 saturated heterocycles. The van der Waals surface area contributed by atoms with Crippen LogP contribution < -0.4 is 11.0 Å². The van der Waals surface area contributed by atoms with E-state index in [9.17, 15) is 0 Å². The van der Waals surface area contributed by atoms with E-state index in [2.05, 4.69) is 11.0 Å². The fraction of sp³-hybridized carbons (Fsp3) is 1.00. The fourth-order valence-electron chi connectivity index (χ4n) is 1.35. The lowest BCUT2D eigenvalue weighted by Crippen LogP contribution is -2.37. The first-order chi connectivity index (χ1) is 8.86. The van der Waals surface area contributed by atoms with Crippen molar-refractivity contribution in [2.45, 2.75) is 93.2 Å². The molecule has 0 amide bonds. The molecular weight excluding hydrogens is 228 g/mol. The Kier molecular flexibility index (Phi) is 44.2. The molecule has 0 aromatic carbocycles. The number of hydrogen-bond acceptors (Lipinski definition) is 4. The lowest BCUT2D eigenvalue weighted by atomic mass is 9.92. The fourth-order valence-corrected chi connectivity index (χ4v) is 1.35. The van der Waals surface area contributed by atoms with Gasteiger partial charge in [-0.2, -0.15) is 0 Å². The highest BCUT2D eigenvalue weighted by Gasteiger charge is 2.19. The Balaban J connectivity index is -0.000000105. The van der Waals surface area contributed by atoms with Crippen molar-refractivity contribution < 1.29 is 10.4 Å². The number of rotatable bonds is 2. The zero-order valence-corrected chi connectivity index (χ0v) is 13.9. The molecule has 0 spiro atoms. The van der Waals surface area contributed by atoms with Crippen molar-refractivity contribution in [3.8, 4) is 0 Å². The highest BCUT2D eigenvalue weighted by molar-refractivity contribution is 4.76. The van der Waals surface area contributed by atoms with Crippen molar-refractivity contribution in [3.05, 3.63) is 0 Å². The van der Waals surface area contributed by atoms with E-state index in [0.717, 1.165) is 25.7 Å². The predicted molar refractivity (Wildman–Crippen MR) is 81.3 cm³/mol. The summed E-state index contributed by atoms with van der Waals surface area (Å²) >= 11 is 0. The van der Waals surface area contributed by atoms with Crippen LogP contribution in [0.5, 0.6) is 0 Å². The molecular formula is C14H38N2O2. The van der Waals surface area contributed by atoms with E-state index in [1.807, 2.05) is 55.4 Å². The molecule has 0 aromatic rings. The maximum atomic E-state index is 8.52. The molecule has 18 heavy (non-hydrogen) atoms. The molecule has 0 unspecified atom stereocenters. The van der Waals surface area contributed by atoms with Gasteiger partial charge in [-0.15, -0.1) is 0 Å². The van der Waals surface area contributed by atoms with Gasteiger partial charge in [0.25, 0.3) is 0 Å². The Morgan fingerprint density at radius 2 is 0.722 bits per heavy atom. The summed E-state index contributed by atoms with van der Waals surface area (Å²) in [5, 5.41) is 17.0. The van der Waals surface area contributed by atoms with Gasteiger partial charge in [0.05, 0.1) is 0 Å². The van der Waals surface area contributed by atoms with Crippen LogP contribution in [0.4, 0.5) is 0 Å². The molecule has 1 saturated carbocycles. The second-order valence-corrected chi connectivity index (χ2v) is 2.81. The zero-order chi connectivity index (χ0) is 15.4. The van der Waals surface area contributed by atoms with Crippen LogP contribution >= 0.6 is 0 Å². The lowest BCUT2D eigenvalue weighted by molar-refractivity contribution is 0.0671. The van der Waals surface area contributed by atoms with Crippen LogP contribution in [-0.2, 0) is 0 Å². The van der Waals surface area contributed by atoms with Gasteiger partial charge < -0.3 is 10.4 Å². The van der Waals surface area contributed by atoms with E-state index in [4.69, 9.17) is 10.4 Å². The van der Waals surface area contributed by atoms with Gasteiger partial charge in [-0.1, -0.05) is 55.4 Å². The molecule has 0 atom stereocenters. The monoisotopic (exact) mass is 266 g/mol. The average Bonchev–Trinajstić information content (AvgIpc) is 2.55. The van der Waals surface area contributed by atoms with Gasteiger partial charge >= 0.3 is 0 Å². The summed E-state index contributed by atoms with van der Waals surface area (Å²) in [4.78, 5) is 0. The third-order valence-electron chi connectivity index (χ3n) is 2.09. The minimum atomic E-state index is 0.226. The SMILES string of the molecule is CC.CC.CC.CC.ONC1CCC(NO)CC1. The van der Waals surface area contributed by atoms with Gasteiger partial charge in [0.1, 0.15) is 0 Å². The number of nitrogens with one attached hydrogen (secondary N) is 2. The smallest absolute Gasteiger partial charge is 0.0320 e. The first-order valence-corrected chi connectivity index (χ1v) is 7.66. The standard InChI is InChI=1S/C6H14N2O2.4C2H6/c9-7-5-1-2-6(8-10)4-3-5;4*1-2/h5-10H,1-4H2;4*1-2H3. The Morgan fingerprint density at radius 3 is 0.833 bits per heavy atom. The Hall–Kier alpha value is -0.160. The second-order valence-electron chi connectivity index (χ2n) is 2.81. The summed E-state index contributed by atoms with van der Waals surface area (Å²) in [6, 6.07) is 0.453. The highest BCUT2D eigenvalue weighted by Crippen LogP contribution is 2.17. The Morgan fingerprint density at radius 1 is 0.556 bits per heavy atom. The molecule has 1 aliphatic carbocycles. The van der Waals surface area contributed by atoms with Gasteiger partial charge in [-0.25, -0.2) is 11.0 Å². The van der Waals surface area contributed by atoms with Crippen molar-refractivity contribution in [3.63, 3.8) is 0 Å². The Bertz CT molecular complexity index is 83.8. The third kappa shape index (κ3) is 18.2. The van der Waals surface area contributed by atoms with Crippen molar-refractivity contribution in [1.29, 1.82) is 0 Å². The first-order valence-electron chi connectivity index (χ1n) is 7.66. The summed E-state index contributed by atoms with van der Waals surface area (Å²) in [6.07, 6.45) is 3.70. The molecule has 0 aromatic heterocycles. The summed E-state index contributed by atoms with van der Waals surface area (Å²) in [5.74, 6) is 0. The van der Waals surface area contributed by atoms with Gasteiger partial charge in [0, 0.05) is 12.1 Å². The maximum absolute atomic E-state index is 8.52. The van der Waals surface area contributed by atoms with E-state index in [1.54, 1.807) is 0 Å². The molecule has 4 heteroatoms. The number of hydroxylamine groups is 2. The predicted octanol–water partition coefficient (Wildman–Crippen LogP) is 4.36. The molecule has 4 nitrogen and oxygen atoms in total. The molecule has 1 fully saturated rings. The summed E-state index contributed by atoms with van der Waals surface area (Å²) in [6.45, 7) is 16.0. The normalized spacial score (nSPS) is 20.3.